The molecule has 0 bridgehead atoms. The SMILES string of the molecule is Oc1ccccc1ON1P(Oc2ccccc2O)N=P(Oc2ccccc2O)(Oc2ccccc2O)N(Oc2ccccc2)P(Oc2ccccc2)N(Oc2ccccc2O)P1Oc1ccccc1O. The summed E-state index contributed by atoms with van der Waals surface area (Å²) in [5.41, 5.74) is 0. The van der Waals surface area contributed by atoms with Gasteiger partial charge in [0, 0.05) is 13.8 Å². The van der Waals surface area contributed by atoms with E-state index in [0.717, 1.165) is 13.8 Å². The molecule has 0 amide bonds. The first-order valence-corrected chi connectivity index (χ1v) is 25.8. The van der Waals surface area contributed by atoms with Crippen molar-refractivity contribution in [2.75, 3.05) is 0 Å². The summed E-state index contributed by atoms with van der Waals surface area (Å²) in [4.78, 5) is 20.5. The molecule has 0 fully saturated rings. The van der Waals surface area contributed by atoms with Crippen LogP contribution in [0.3, 0.4) is 0 Å². The summed E-state index contributed by atoms with van der Waals surface area (Å²) < 4.78 is 43.2. The van der Waals surface area contributed by atoms with Crippen molar-refractivity contribution in [1.82, 2.24) is 13.8 Å². The molecule has 9 rings (SSSR count). The van der Waals surface area contributed by atoms with Crippen molar-refractivity contribution in [3.8, 4) is 80.5 Å². The minimum absolute atomic E-state index is 0.134. The van der Waals surface area contributed by atoms with Gasteiger partial charge in [0.1, 0.15) is 11.5 Å². The first-order chi connectivity index (χ1) is 34.1. The van der Waals surface area contributed by atoms with Gasteiger partial charge in [-0.1, -0.05) is 109 Å². The minimum Gasteiger partial charge on any atom is -0.504 e. The first kappa shape index (κ1) is 47.4. The average molecular weight is 1020 g/mol. The molecule has 1 heterocycles. The molecule has 3 unspecified atom stereocenters. The van der Waals surface area contributed by atoms with E-state index < -0.39 is 33.0 Å². The Morgan fingerprint density at radius 2 is 0.686 bits per heavy atom. The molecule has 1 aliphatic rings. The quantitative estimate of drug-likeness (QED) is 0.0496. The van der Waals surface area contributed by atoms with Crippen LogP contribution in [-0.4, -0.2) is 44.5 Å². The van der Waals surface area contributed by atoms with Crippen molar-refractivity contribution in [2.45, 2.75) is 0 Å². The maximum atomic E-state index is 11.5. The Hall–Kier alpha value is -7.64. The summed E-state index contributed by atoms with van der Waals surface area (Å²) >= 11 is 0. The Bertz CT molecular complexity index is 3050. The zero-order chi connectivity index (χ0) is 48.5. The largest absolute Gasteiger partial charge is 0.504 e. The maximum absolute atomic E-state index is 11.5. The van der Waals surface area contributed by atoms with E-state index in [-0.39, 0.29) is 80.5 Å². The summed E-state index contributed by atoms with van der Waals surface area (Å²) in [5, 5.41) is 68.8. The van der Waals surface area contributed by atoms with Crippen LogP contribution < -0.4 is 37.1 Å². The molecule has 70 heavy (non-hydrogen) atoms. The molecule has 1 aliphatic heterocycles. The zero-order valence-corrected chi connectivity index (χ0v) is 39.7. The monoisotopic (exact) mass is 1020 g/mol. The predicted molar refractivity (Wildman–Crippen MR) is 262 cm³/mol. The van der Waals surface area contributed by atoms with E-state index in [2.05, 4.69) is 0 Å². The Labute approximate surface area is 404 Å². The fraction of sp³-hybridized carbons (Fsp3) is 0. The summed E-state index contributed by atoms with van der Waals surface area (Å²) in [6.07, 6.45) is 0. The Balaban J connectivity index is 1.45. The minimum atomic E-state index is -4.88. The lowest BCUT2D eigenvalue weighted by molar-refractivity contribution is 0.0354. The van der Waals surface area contributed by atoms with Gasteiger partial charge in [-0.15, -0.1) is 4.52 Å². The third kappa shape index (κ3) is 11.0. The van der Waals surface area contributed by atoms with E-state index >= 15 is 0 Å². The van der Waals surface area contributed by atoms with Gasteiger partial charge in [-0.25, -0.2) is 0 Å². The molecular formula is C48H40N4O14P4. The van der Waals surface area contributed by atoms with Crippen molar-refractivity contribution in [3.63, 3.8) is 0 Å². The smallest absolute Gasteiger partial charge is 0.447 e. The molecule has 0 radical (unpaired) electrons. The van der Waals surface area contributed by atoms with Gasteiger partial charge >= 0.3 is 33.0 Å². The predicted octanol–water partition coefficient (Wildman–Crippen LogP) is 13.1. The number of phenols is 6. The highest BCUT2D eigenvalue weighted by atomic mass is 31.3. The molecule has 8 aromatic carbocycles. The highest BCUT2D eigenvalue weighted by Gasteiger charge is 2.60. The molecule has 0 saturated carbocycles. The Morgan fingerprint density at radius 1 is 0.329 bits per heavy atom. The van der Waals surface area contributed by atoms with Crippen molar-refractivity contribution < 1.29 is 67.8 Å². The first-order valence-electron chi connectivity index (χ1n) is 20.8. The van der Waals surface area contributed by atoms with Crippen molar-refractivity contribution in [3.05, 3.63) is 206 Å². The van der Waals surface area contributed by atoms with Crippen molar-refractivity contribution in [1.29, 1.82) is 0 Å². The Kier molecular flexibility index (Phi) is 14.7. The van der Waals surface area contributed by atoms with Crippen LogP contribution in [0.1, 0.15) is 0 Å². The highest BCUT2D eigenvalue weighted by molar-refractivity contribution is 7.78. The number of benzene rings is 8. The molecule has 0 spiro atoms. The number of para-hydroxylation sites is 14. The Morgan fingerprint density at radius 3 is 1.13 bits per heavy atom. The second-order valence-corrected chi connectivity index (χ2v) is 21.5. The third-order valence-electron chi connectivity index (χ3n) is 9.34. The lowest BCUT2D eigenvalue weighted by Crippen LogP contribution is -2.39. The van der Waals surface area contributed by atoms with Crippen LogP contribution in [0.15, 0.2) is 211 Å². The number of hydrogen-bond acceptors (Lipinski definition) is 18. The highest BCUT2D eigenvalue weighted by Crippen LogP contribution is 2.79. The van der Waals surface area contributed by atoms with Crippen LogP contribution in [-0.2, 0) is 0 Å². The van der Waals surface area contributed by atoms with Gasteiger partial charge in [0.2, 0.25) is 0 Å². The molecule has 22 heteroatoms. The molecule has 0 aromatic heterocycles. The van der Waals surface area contributed by atoms with Gasteiger partial charge < -0.3 is 67.8 Å². The van der Waals surface area contributed by atoms with E-state index in [4.69, 9.17) is 41.6 Å². The van der Waals surface area contributed by atoms with Crippen LogP contribution in [0.2, 0.25) is 0 Å². The number of hydrogen-bond donors (Lipinski definition) is 6. The normalized spacial score (nSPS) is 17.1. The summed E-state index contributed by atoms with van der Waals surface area (Å²) in [5.74, 6) is -2.87. The van der Waals surface area contributed by atoms with Gasteiger partial charge in [-0.05, 0) is 97.1 Å². The summed E-state index contributed by atoms with van der Waals surface area (Å²) in [6, 6.07) is 52.8. The fourth-order valence-corrected chi connectivity index (χ4v) is 15.8. The third-order valence-corrected chi connectivity index (χ3v) is 18.2. The fourth-order valence-electron chi connectivity index (χ4n) is 6.03. The molecule has 0 saturated heterocycles. The van der Waals surface area contributed by atoms with Gasteiger partial charge in [-0.2, -0.15) is 0 Å². The molecule has 6 N–H and O–H groups in total. The van der Waals surface area contributed by atoms with Crippen molar-refractivity contribution in [2.24, 2.45) is 4.52 Å². The van der Waals surface area contributed by atoms with E-state index in [0.29, 0.717) is 0 Å². The van der Waals surface area contributed by atoms with Gasteiger partial charge in [0.15, 0.2) is 69.0 Å². The topological polar surface area (TPSA) is 217 Å². The van der Waals surface area contributed by atoms with E-state index in [1.807, 2.05) is 0 Å². The van der Waals surface area contributed by atoms with Gasteiger partial charge in [0.25, 0.3) is 0 Å². The van der Waals surface area contributed by atoms with Crippen LogP contribution in [0.5, 0.6) is 80.5 Å². The molecule has 8 aromatic rings. The van der Waals surface area contributed by atoms with Gasteiger partial charge in [0.05, 0.1) is 0 Å². The second kappa shape index (κ2) is 21.8. The number of aromatic hydroxyl groups is 6. The summed E-state index contributed by atoms with van der Waals surface area (Å²) in [7, 11) is -14.0. The van der Waals surface area contributed by atoms with Crippen molar-refractivity contribution >= 4 is 33.0 Å². The second-order valence-electron chi connectivity index (χ2n) is 14.3. The van der Waals surface area contributed by atoms with Crippen LogP contribution >= 0.6 is 33.0 Å². The molecule has 3 atom stereocenters. The van der Waals surface area contributed by atoms with E-state index in [1.165, 1.54) is 72.8 Å². The summed E-state index contributed by atoms with van der Waals surface area (Å²) in [6.45, 7) is 0. The lowest BCUT2D eigenvalue weighted by Gasteiger charge is -2.45. The van der Waals surface area contributed by atoms with Gasteiger partial charge in [-0.3, -0.25) is 0 Å². The molecule has 0 aliphatic carbocycles. The maximum Gasteiger partial charge on any atom is 0.447 e. The lowest BCUT2D eigenvalue weighted by atomic mass is 10.3. The number of rotatable bonds is 16. The van der Waals surface area contributed by atoms with E-state index in [9.17, 15) is 30.6 Å². The molecule has 18 nitrogen and oxygen atoms in total. The molecule has 356 valence electrons. The number of nitrogens with zero attached hydrogens (tertiary/aromatic N) is 4. The zero-order valence-electron chi connectivity index (χ0n) is 36.2. The average Bonchev–Trinajstić information content (AvgIpc) is 3.37. The van der Waals surface area contributed by atoms with E-state index in [1.54, 1.807) is 133 Å². The van der Waals surface area contributed by atoms with Crippen LogP contribution in [0, 0.1) is 0 Å². The van der Waals surface area contributed by atoms with Crippen LogP contribution in [0.25, 0.3) is 0 Å². The standard InChI is InChI=1S/C48H40N4O14P4/c53-37-23-7-13-29-43(37)60-50-67(63-45-31-15-9-25-39(45)55)49-70(65-47-33-17-11-27-41(47)57,66-48-34-18-12-28-42(48)58)52(59-35-19-3-1-4-20-35)69(62-36-21-5-2-6-22-36)51(61-44-30-14-8-24-38(44)54)68(50)64-46-32-16-10-26-40(46)56/h1-34,53-58H. The van der Waals surface area contributed by atoms with Crippen LogP contribution in [0.4, 0.5) is 0 Å². The number of phenolic OH excluding ortho intramolecular Hbond substituents is 6. The molecular weight excluding hydrogens is 980 g/mol.